The highest BCUT2D eigenvalue weighted by atomic mass is 28.3. The van der Waals surface area contributed by atoms with Crippen molar-refractivity contribution in [2.45, 2.75) is 64.8 Å². The van der Waals surface area contributed by atoms with Crippen LogP contribution in [0.1, 0.15) is 47.0 Å². The van der Waals surface area contributed by atoms with Gasteiger partial charge in [-0.05, 0) is 31.1 Å². The van der Waals surface area contributed by atoms with Crippen LogP contribution in [0, 0.1) is 11.8 Å². The summed E-state index contributed by atoms with van der Waals surface area (Å²) in [5.41, 5.74) is 0.698. The summed E-state index contributed by atoms with van der Waals surface area (Å²) in [4.78, 5) is 0. The first-order chi connectivity index (χ1) is 7.09. The van der Waals surface area contributed by atoms with E-state index in [1.54, 1.807) is 0 Å². The lowest BCUT2D eigenvalue weighted by Crippen LogP contribution is -2.37. The van der Waals surface area contributed by atoms with Crippen molar-refractivity contribution in [1.29, 1.82) is 0 Å². The molecule has 1 fully saturated rings. The van der Waals surface area contributed by atoms with E-state index in [-0.39, 0.29) is 0 Å². The van der Waals surface area contributed by atoms with E-state index < -0.39 is 8.80 Å². The summed E-state index contributed by atoms with van der Waals surface area (Å²) < 4.78 is 6.00. The Balaban J connectivity index is 2.45. The molecule has 1 rings (SSSR count). The second-order valence-corrected chi connectivity index (χ2v) is 9.13. The van der Waals surface area contributed by atoms with Gasteiger partial charge in [0.05, 0.1) is 8.80 Å². The van der Waals surface area contributed by atoms with Crippen molar-refractivity contribution >= 4 is 8.80 Å². The first-order valence-corrected chi connectivity index (χ1v) is 9.01. The van der Waals surface area contributed by atoms with Crippen molar-refractivity contribution in [3.63, 3.8) is 0 Å². The van der Waals surface area contributed by atoms with E-state index in [2.05, 4.69) is 27.7 Å². The lowest BCUT2D eigenvalue weighted by molar-refractivity contribution is 0.0614. The predicted molar refractivity (Wildman–Crippen MR) is 70.0 cm³/mol. The lowest BCUT2D eigenvalue weighted by atomic mass is 10.2. The highest BCUT2D eigenvalue weighted by molar-refractivity contribution is 6.60. The van der Waals surface area contributed by atoms with Crippen molar-refractivity contribution in [3.05, 3.63) is 0 Å². The Bertz CT molecular complexity index is 152. The van der Waals surface area contributed by atoms with Gasteiger partial charge in [-0.2, -0.15) is 0 Å². The van der Waals surface area contributed by atoms with Gasteiger partial charge in [0.25, 0.3) is 0 Å². The molecule has 0 aliphatic carbocycles. The van der Waals surface area contributed by atoms with E-state index in [9.17, 15) is 0 Å². The normalized spacial score (nSPS) is 23.0. The van der Waals surface area contributed by atoms with E-state index in [0.29, 0.717) is 5.73 Å². The van der Waals surface area contributed by atoms with Crippen LogP contribution in [0.3, 0.4) is 0 Å². The molecular formula is C13H28OSi. The Morgan fingerprint density at radius 3 is 2.07 bits per heavy atom. The molecule has 1 atom stereocenters. The maximum Gasteiger partial charge on any atom is 0.0722 e. The molecule has 1 unspecified atom stereocenters. The minimum atomic E-state index is -0.653. The van der Waals surface area contributed by atoms with E-state index in [1.165, 1.54) is 31.4 Å². The zero-order valence-electron chi connectivity index (χ0n) is 11.0. The molecule has 1 nitrogen and oxygen atoms in total. The molecule has 1 heterocycles. The fourth-order valence-electron chi connectivity index (χ4n) is 2.75. The van der Waals surface area contributed by atoms with Crippen molar-refractivity contribution in [3.8, 4) is 0 Å². The van der Waals surface area contributed by atoms with Crippen LogP contribution >= 0.6 is 0 Å². The van der Waals surface area contributed by atoms with E-state index in [1.807, 2.05) is 0 Å². The quantitative estimate of drug-likeness (QED) is 0.653. The van der Waals surface area contributed by atoms with Gasteiger partial charge in [-0.25, -0.2) is 0 Å². The summed E-state index contributed by atoms with van der Waals surface area (Å²) in [6.45, 7) is 10.5. The topological polar surface area (TPSA) is 9.23 Å². The summed E-state index contributed by atoms with van der Waals surface area (Å²) in [5, 5.41) is 0. The molecule has 1 aliphatic rings. The minimum Gasteiger partial charge on any atom is -0.382 e. The van der Waals surface area contributed by atoms with Gasteiger partial charge in [-0.1, -0.05) is 39.8 Å². The number of ether oxygens (including phenoxy) is 1. The molecule has 1 saturated heterocycles. The average molecular weight is 228 g/mol. The molecule has 0 radical (unpaired) electrons. The zero-order valence-corrected chi connectivity index (χ0v) is 12.1. The number of hydrogen-bond acceptors (Lipinski definition) is 1. The van der Waals surface area contributed by atoms with E-state index >= 15 is 0 Å². The van der Waals surface area contributed by atoms with E-state index in [0.717, 1.165) is 18.4 Å². The van der Waals surface area contributed by atoms with Gasteiger partial charge >= 0.3 is 0 Å². The Labute approximate surface area is 97.2 Å². The summed E-state index contributed by atoms with van der Waals surface area (Å²) in [6.07, 6.45) is 4.06. The molecule has 15 heavy (non-hydrogen) atoms. The van der Waals surface area contributed by atoms with Gasteiger partial charge < -0.3 is 4.74 Å². The summed E-state index contributed by atoms with van der Waals surface area (Å²) >= 11 is 0. The van der Waals surface area contributed by atoms with Crippen LogP contribution in [-0.2, 0) is 4.74 Å². The van der Waals surface area contributed by atoms with Gasteiger partial charge in [0.2, 0.25) is 0 Å². The van der Waals surface area contributed by atoms with Crippen LogP contribution in [0.25, 0.3) is 0 Å². The maximum atomic E-state index is 6.00. The largest absolute Gasteiger partial charge is 0.382 e. The van der Waals surface area contributed by atoms with Crippen molar-refractivity contribution in [1.82, 2.24) is 0 Å². The van der Waals surface area contributed by atoms with Gasteiger partial charge in [0, 0.05) is 12.3 Å². The van der Waals surface area contributed by atoms with E-state index in [4.69, 9.17) is 4.74 Å². The number of hydrogen-bond donors (Lipinski definition) is 0. The van der Waals surface area contributed by atoms with Crippen LogP contribution in [0.5, 0.6) is 0 Å². The fourth-order valence-corrected chi connectivity index (χ4v) is 7.09. The van der Waals surface area contributed by atoms with Gasteiger partial charge in [0.15, 0.2) is 0 Å². The summed E-state index contributed by atoms with van der Waals surface area (Å²) in [5.74, 6) is 1.73. The van der Waals surface area contributed by atoms with Crippen molar-refractivity contribution < 1.29 is 4.74 Å². The third-order valence-electron chi connectivity index (χ3n) is 3.29. The van der Waals surface area contributed by atoms with Gasteiger partial charge in [-0.3, -0.25) is 0 Å². The smallest absolute Gasteiger partial charge is 0.0722 e. The maximum absolute atomic E-state index is 6.00. The molecule has 2 heteroatoms. The van der Waals surface area contributed by atoms with Crippen molar-refractivity contribution in [2.24, 2.45) is 11.8 Å². The van der Waals surface area contributed by atoms with Gasteiger partial charge in [0.1, 0.15) is 0 Å². The second-order valence-electron chi connectivity index (χ2n) is 5.92. The molecule has 0 aromatic heterocycles. The monoisotopic (exact) mass is 228 g/mol. The van der Waals surface area contributed by atoms with Crippen LogP contribution < -0.4 is 0 Å². The molecule has 0 spiro atoms. The third kappa shape index (κ3) is 5.16. The lowest BCUT2D eigenvalue weighted by Gasteiger charge is -2.31. The first-order valence-electron chi connectivity index (χ1n) is 6.71. The van der Waals surface area contributed by atoms with Gasteiger partial charge in [-0.15, -0.1) is 0 Å². The van der Waals surface area contributed by atoms with Crippen LogP contribution in [0.4, 0.5) is 0 Å². The predicted octanol–water partition coefficient (Wildman–Crippen LogP) is 3.63. The van der Waals surface area contributed by atoms with Crippen LogP contribution in [0.2, 0.25) is 12.1 Å². The molecule has 1 aliphatic heterocycles. The molecule has 0 amide bonds. The Kier molecular flexibility index (Phi) is 5.91. The Hall–Kier alpha value is 0.177. The summed E-state index contributed by atoms with van der Waals surface area (Å²) in [7, 11) is -0.653. The fraction of sp³-hybridized carbons (Fsp3) is 1.00. The Morgan fingerprint density at radius 2 is 1.67 bits per heavy atom. The molecule has 0 bridgehead atoms. The SMILES string of the molecule is CC(C)C[SiH](CC(C)C)C1CCCCO1. The highest BCUT2D eigenvalue weighted by Gasteiger charge is 2.27. The second kappa shape index (κ2) is 6.69. The molecule has 0 saturated carbocycles. The van der Waals surface area contributed by atoms with Crippen LogP contribution in [-0.4, -0.2) is 21.1 Å². The van der Waals surface area contributed by atoms with Crippen LogP contribution in [0.15, 0.2) is 0 Å². The van der Waals surface area contributed by atoms with Crippen molar-refractivity contribution in [2.75, 3.05) is 6.61 Å². The zero-order chi connectivity index (χ0) is 11.3. The Morgan fingerprint density at radius 1 is 1.07 bits per heavy atom. The molecule has 0 aromatic rings. The molecule has 0 aromatic carbocycles. The third-order valence-corrected chi connectivity index (χ3v) is 7.96. The molecule has 90 valence electrons. The minimum absolute atomic E-state index is 0.653. The molecular weight excluding hydrogens is 200 g/mol. The highest BCUT2D eigenvalue weighted by Crippen LogP contribution is 2.24. The standard InChI is InChI=1S/C13H28OSi/c1-11(2)9-15(10-12(3)4)13-7-5-6-8-14-13/h11-13,15H,5-10H2,1-4H3. The average Bonchev–Trinajstić information content (AvgIpc) is 2.17. The molecule has 0 N–H and O–H groups in total. The summed E-state index contributed by atoms with van der Waals surface area (Å²) in [6, 6.07) is 2.95. The number of rotatable bonds is 5. The first kappa shape index (κ1) is 13.2.